The summed E-state index contributed by atoms with van der Waals surface area (Å²) in [5, 5.41) is 12.8. The van der Waals surface area contributed by atoms with E-state index in [2.05, 4.69) is 17.4 Å². The van der Waals surface area contributed by atoms with Gasteiger partial charge in [0.25, 0.3) is 0 Å². The SMILES string of the molecule is COc1ccc(-c2ccc(C#N)cc2F)cc1CN[C@H]1CCN(C(=O)C2CCN(C(C)=O)CC2)C[C@H]1c1ccccc1. The average molecular weight is 569 g/mol. The van der Waals surface area contributed by atoms with Crippen LogP contribution < -0.4 is 10.1 Å². The summed E-state index contributed by atoms with van der Waals surface area (Å²) in [5.74, 6) is 0.590. The molecule has 2 heterocycles. The van der Waals surface area contributed by atoms with Gasteiger partial charge in [-0.2, -0.15) is 5.26 Å². The third kappa shape index (κ3) is 6.47. The Morgan fingerprint density at radius 2 is 1.74 bits per heavy atom. The summed E-state index contributed by atoms with van der Waals surface area (Å²) in [6.07, 6.45) is 2.22. The standard InChI is InChI=1S/C34H37FN4O3/c1-23(40)38-15-12-26(13-16-38)34(41)39-17-14-32(30(22-39)25-6-4-3-5-7-25)37-21-28-19-27(9-11-33(28)42-2)29-10-8-24(20-36)18-31(29)35/h3-11,18-19,26,30,32,37H,12-17,21-22H2,1-2H3/t30-,32-/m0/s1. The van der Waals surface area contributed by atoms with Gasteiger partial charge in [-0.15, -0.1) is 0 Å². The van der Waals surface area contributed by atoms with E-state index in [0.717, 1.165) is 12.0 Å². The molecule has 0 aliphatic carbocycles. The molecule has 7 nitrogen and oxygen atoms in total. The quantitative estimate of drug-likeness (QED) is 0.429. The maximum Gasteiger partial charge on any atom is 0.225 e. The zero-order valence-corrected chi connectivity index (χ0v) is 24.2. The van der Waals surface area contributed by atoms with Crippen molar-refractivity contribution in [2.45, 2.75) is 44.7 Å². The van der Waals surface area contributed by atoms with Crippen LogP contribution in [0.15, 0.2) is 66.7 Å². The molecule has 0 unspecified atom stereocenters. The summed E-state index contributed by atoms with van der Waals surface area (Å²) in [4.78, 5) is 29.1. The number of hydrogen-bond acceptors (Lipinski definition) is 5. The summed E-state index contributed by atoms with van der Waals surface area (Å²) in [6, 6.07) is 22.5. The highest BCUT2D eigenvalue weighted by molar-refractivity contribution is 5.80. The fourth-order valence-electron chi connectivity index (χ4n) is 6.28. The molecule has 0 radical (unpaired) electrons. The van der Waals surface area contributed by atoms with E-state index in [0.29, 0.717) is 62.4 Å². The summed E-state index contributed by atoms with van der Waals surface area (Å²) < 4.78 is 20.4. The predicted octanol–water partition coefficient (Wildman–Crippen LogP) is 5.11. The second kappa shape index (κ2) is 13.2. The number of halogens is 1. The third-order valence-electron chi connectivity index (χ3n) is 8.69. The number of benzene rings is 3. The Morgan fingerprint density at radius 1 is 1.00 bits per heavy atom. The first-order valence-electron chi connectivity index (χ1n) is 14.6. The zero-order valence-electron chi connectivity index (χ0n) is 24.2. The van der Waals surface area contributed by atoms with Crippen LogP contribution in [-0.4, -0.2) is 60.9 Å². The lowest BCUT2D eigenvalue weighted by molar-refractivity contribution is -0.141. The maximum atomic E-state index is 14.8. The lowest BCUT2D eigenvalue weighted by Gasteiger charge is -2.42. The van der Waals surface area contributed by atoms with Gasteiger partial charge in [0.1, 0.15) is 11.6 Å². The first-order chi connectivity index (χ1) is 20.4. The smallest absolute Gasteiger partial charge is 0.225 e. The Bertz CT molecular complexity index is 1460. The van der Waals surface area contributed by atoms with Crippen LogP contribution in [0.5, 0.6) is 5.75 Å². The molecule has 2 atom stereocenters. The van der Waals surface area contributed by atoms with Gasteiger partial charge >= 0.3 is 0 Å². The van der Waals surface area contributed by atoms with E-state index in [4.69, 9.17) is 10.00 Å². The lowest BCUT2D eigenvalue weighted by Crippen LogP contribution is -2.52. The number of likely N-dealkylation sites (tertiary alicyclic amines) is 2. The number of nitriles is 1. The van der Waals surface area contributed by atoms with Crippen LogP contribution in [0.3, 0.4) is 0 Å². The fourth-order valence-corrected chi connectivity index (χ4v) is 6.28. The van der Waals surface area contributed by atoms with E-state index < -0.39 is 5.82 Å². The molecular formula is C34H37FN4O3. The summed E-state index contributed by atoms with van der Waals surface area (Å²) >= 11 is 0. The van der Waals surface area contributed by atoms with Gasteiger partial charge in [0, 0.05) is 68.7 Å². The molecule has 0 bridgehead atoms. The number of methoxy groups -OCH3 is 1. The van der Waals surface area contributed by atoms with Crippen LogP contribution in [0.2, 0.25) is 0 Å². The number of carbonyl (C=O) groups excluding carboxylic acids is 2. The Labute approximate surface area is 246 Å². The van der Waals surface area contributed by atoms with Crippen molar-refractivity contribution in [3.8, 4) is 22.9 Å². The Morgan fingerprint density at radius 3 is 2.40 bits per heavy atom. The molecule has 218 valence electrons. The van der Waals surface area contributed by atoms with Gasteiger partial charge in [-0.05, 0) is 54.7 Å². The van der Waals surface area contributed by atoms with Gasteiger partial charge in [0.2, 0.25) is 11.8 Å². The van der Waals surface area contributed by atoms with Gasteiger partial charge in [-0.1, -0.05) is 42.5 Å². The summed E-state index contributed by atoms with van der Waals surface area (Å²) in [5.41, 5.74) is 3.51. The molecule has 3 aromatic carbocycles. The third-order valence-corrected chi connectivity index (χ3v) is 8.69. The van der Waals surface area contributed by atoms with Crippen LogP contribution in [0.4, 0.5) is 4.39 Å². The van der Waals surface area contributed by atoms with Crippen molar-refractivity contribution >= 4 is 11.8 Å². The van der Waals surface area contributed by atoms with Crippen molar-refractivity contribution in [2.75, 3.05) is 33.3 Å². The van der Waals surface area contributed by atoms with Crippen LogP contribution in [0, 0.1) is 23.1 Å². The number of nitrogens with one attached hydrogen (secondary N) is 1. The molecule has 0 aromatic heterocycles. The molecule has 0 saturated carbocycles. The minimum Gasteiger partial charge on any atom is -0.496 e. The molecule has 8 heteroatoms. The van der Waals surface area contributed by atoms with E-state index in [1.165, 1.54) is 11.6 Å². The van der Waals surface area contributed by atoms with E-state index in [1.54, 1.807) is 26.2 Å². The number of rotatable bonds is 7. The molecule has 0 spiro atoms. The molecule has 42 heavy (non-hydrogen) atoms. The highest BCUT2D eigenvalue weighted by Gasteiger charge is 2.36. The summed E-state index contributed by atoms with van der Waals surface area (Å²) in [6.45, 7) is 4.67. The fraction of sp³-hybridized carbons (Fsp3) is 0.382. The minimum absolute atomic E-state index is 0.0452. The van der Waals surface area contributed by atoms with E-state index in [-0.39, 0.29) is 35.3 Å². The number of nitrogens with zero attached hydrogens (tertiary/aromatic N) is 3. The van der Waals surface area contributed by atoms with Crippen molar-refractivity contribution in [3.63, 3.8) is 0 Å². The maximum absolute atomic E-state index is 14.8. The highest BCUT2D eigenvalue weighted by atomic mass is 19.1. The van der Waals surface area contributed by atoms with Crippen molar-refractivity contribution in [3.05, 3.63) is 89.2 Å². The normalized spacial score (nSPS) is 19.3. The van der Waals surface area contributed by atoms with E-state index >= 15 is 0 Å². The largest absolute Gasteiger partial charge is 0.496 e. The van der Waals surface area contributed by atoms with Crippen LogP contribution in [0.25, 0.3) is 11.1 Å². The molecule has 2 saturated heterocycles. The monoisotopic (exact) mass is 568 g/mol. The van der Waals surface area contributed by atoms with Gasteiger partial charge in [-0.3, -0.25) is 9.59 Å². The highest BCUT2D eigenvalue weighted by Crippen LogP contribution is 2.32. The number of ether oxygens (including phenoxy) is 1. The van der Waals surface area contributed by atoms with Gasteiger partial charge in [-0.25, -0.2) is 4.39 Å². The molecule has 2 aliphatic rings. The first-order valence-corrected chi connectivity index (χ1v) is 14.6. The minimum atomic E-state index is -0.439. The average Bonchev–Trinajstić information content (AvgIpc) is 3.03. The number of piperidine rings is 2. The number of hydrogen-bond donors (Lipinski definition) is 1. The molecule has 3 aromatic rings. The Kier molecular flexibility index (Phi) is 9.19. The Hall–Kier alpha value is -4.22. The van der Waals surface area contributed by atoms with Crippen LogP contribution in [0.1, 0.15) is 48.8 Å². The van der Waals surface area contributed by atoms with Crippen LogP contribution in [-0.2, 0) is 16.1 Å². The topological polar surface area (TPSA) is 85.7 Å². The number of amides is 2. The van der Waals surface area contributed by atoms with Crippen molar-refractivity contribution in [2.24, 2.45) is 5.92 Å². The van der Waals surface area contributed by atoms with Crippen LogP contribution >= 0.6 is 0 Å². The molecule has 2 amide bonds. The Balaban J connectivity index is 1.32. The second-order valence-corrected chi connectivity index (χ2v) is 11.2. The first kappa shape index (κ1) is 29.3. The number of carbonyl (C=O) groups is 2. The van der Waals surface area contributed by atoms with Gasteiger partial charge in [0.05, 0.1) is 18.7 Å². The molecule has 1 N–H and O–H groups in total. The van der Waals surface area contributed by atoms with Crippen molar-refractivity contribution < 1.29 is 18.7 Å². The van der Waals surface area contributed by atoms with Gasteiger partial charge < -0.3 is 19.9 Å². The van der Waals surface area contributed by atoms with Crippen molar-refractivity contribution in [1.82, 2.24) is 15.1 Å². The second-order valence-electron chi connectivity index (χ2n) is 11.2. The molecule has 5 rings (SSSR count). The van der Waals surface area contributed by atoms with Crippen molar-refractivity contribution in [1.29, 1.82) is 5.26 Å². The zero-order chi connectivity index (χ0) is 29.6. The van der Waals surface area contributed by atoms with E-state index in [9.17, 15) is 14.0 Å². The van der Waals surface area contributed by atoms with E-state index in [1.807, 2.05) is 52.3 Å². The molecule has 2 aliphatic heterocycles. The van der Waals surface area contributed by atoms with Gasteiger partial charge in [0.15, 0.2) is 0 Å². The predicted molar refractivity (Wildman–Crippen MR) is 159 cm³/mol. The lowest BCUT2D eigenvalue weighted by atomic mass is 9.84. The summed E-state index contributed by atoms with van der Waals surface area (Å²) in [7, 11) is 1.62. The molecular weight excluding hydrogens is 531 g/mol. The molecule has 2 fully saturated rings.